The summed E-state index contributed by atoms with van der Waals surface area (Å²) >= 11 is 0. The Bertz CT molecular complexity index is 952. The smallest absolute Gasteiger partial charge is 0.293 e. The number of anilines is 1. The van der Waals surface area contributed by atoms with Crippen LogP contribution in [0.1, 0.15) is 5.56 Å². The summed E-state index contributed by atoms with van der Waals surface area (Å²) in [5, 5.41) is 20.5. The van der Waals surface area contributed by atoms with Crippen LogP contribution in [0.4, 0.5) is 11.4 Å². The van der Waals surface area contributed by atoms with Crippen molar-refractivity contribution < 1.29 is 13.3 Å². The van der Waals surface area contributed by atoms with Gasteiger partial charge in [0.15, 0.2) is 15.8 Å². The quantitative estimate of drug-likeness (QED) is 0.119. The van der Waals surface area contributed by atoms with Gasteiger partial charge in [0.25, 0.3) is 5.69 Å². The predicted molar refractivity (Wildman–Crippen MR) is 125 cm³/mol. The molecule has 9 nitrogen and oxygen atoms in total. The molecule has 0 bridgehead atoms. The first-order chi connectivity index (χ1) is 13.3. The third-order valence-electron chi connectivity index (χ3n) is 3.85. The number of halogens is 1. The zero-order valence-electron chi connectivity index (χ0n) is 16.1. The van der Waals surface area contributed by atoms with Crippen LogP contribution in [0.3, 0.4) is 0 Å². The van der Waals surface area contributed by atoms with Crippen molar-refractivity contribution in [2.75, 3.05) is 31.7 Å². The lowest BCUT2D eigenvalue weighted by Crippen LogP contribution is -2.39. The van der Waals surface area contributed by atoms with E-state index < -0.39 is 14.8 Å². The Morgan fingerprint density at radius 2 is 1.79 bits per heavy atom. The molecule has 0 spiro atoms. The SMILES string of the molecule is CN=C(NCCNc1ccc(S(C)(=O)=O)cc1[N+](=O)[O-])NCc1ccccc1.I. The van der Waals surface area contributed by atoms with Crippen molar-refractivity contribution in [3.63, 3.8) is 0 Å². The maximum atomic E-state index is 11.6. The minimum Gasteiger partial charge on any atom is -0.378 e. The summed E-state index contributed by atoms with van der Waals surface area (Å²) < 4.78 is 23.2. The number of nitro groups is 1. The summed E-state index contributed by atoms with van der Waals surface area (Å²) in [6, 6.07) is 13.7. The molecule has 158 valence electrons. The fourth-order valence-corrected chi connectivity index (χ4v) is 3.06. The molecule has 0 amide bonds. The van der Waals surface area contributed by atoms with Crippen molar-refractivity contribution in [2.24, 2.45) is 4.99 Å². The molecule has 29 heavy (non-hydrogen) atoms. The average molecular weight is 533 g/mol. The van der Waals surface area contributed by atoms with E-state index in [1.165, 1.54) is 12.1 Å². The first-order valence-corrected chi connectivity index (χ1v) is 10.4. The Hall–Kier alpha value is -2.41. The average Bonchev–Trinajstić information content (AvgIpc) is 2.67. The molecule has 0 saturated heterocycles. The number of benzene rings is 2. The number of nitro benzene ring substituents is 1. The summed E-state index contributed by atoms with van der Waals surface area (Å²) in [7, 11) is -1.86. The van der Waals surface area contributed by atoms with Crippen LogP contribution < -0.4 is 16.0 Å². The molecule has 2 aromatic rings. The van der Waals surface area contributed by atoms with Crippen molar-refractivity contribution >= 4 is 51.1 Å². The summed E-state index contributed by atoms with van der Waals surface area (Å²) in [4.78, 5) is 14.7. The minimum absolute atomic E-state index is 0. The lowest BCUT2D eigenvalue weighted by Gasteiger charge is -2.13. The molecule has 0 aliphatic heterocycles. The fraction of sp³-hybridized carbons (Fsp3) is 0.278. The van der Waals surface area contributed by atoms with Crippen molar-refractivity contribution in [2.45, 2.75) is 11.4 Å². The molecule has 0 aliphatic carbocycles. The van der Waals surface area contributed by atoms with Gasteiger partial charge >= 0.3 is 0 Å². The zero-order valence-corrected chi connectivity index (χ0v) is 19.2. The minimum atomic E-state index is -3.51. The van der Waals surface area contributed by atoms with Crippen molar-refractivity contribution in [3.05, 3.63) is 64.2 Å². The van der Waals surface area contributed by atoms with E-state index in [-0.39, 0.29) is 40.2 Å². The highest BCUT2D eigenvalue weighted by Gasteiger charge is 2.18. The standard InChI is InChI=1S/C18H23N5O4S.HI/c1-19-18(22-13-14-6-4-3-5-7-14)21-11-10-20-16-9-8-15(28(2,26)27)12-17(16)23(24)25;/h3-9,12,20H,10-11,13H2,1-2H3,(H2,19,21,22);1H. The summed E-state index contributed by atoms with van der Waals surface area (Å²) in [6.07, 6.45) is 1.01. The molecule has 2 rings (SSSR count). The van der Waals surface area contributed by atoms with E-state index in [4.69, 9.17) is 0 Å². The molecule has 0 unspecified atom stereocenters. The van der Waals surface area contributed by atoms with E-state index in [0.717, 1.165) is 17.9 Å². The number of hydrogen-bond donors (Lipinski definition) is 3. The van der Waals surface area contributed by atoms with Gasteiger partial charge in [-0.05, 0) is 17.7 Å². The molecular formula is C18H24IN5O4S. The molecule has 3 N–H and O–H groups in total. The van der Waals surface area contributed by atoms with Gasteiger partial charge in [0.05, 0.1) is 9.82 Å². The van der Waals surface area contributed by atoms with Crippen LogP contribution >= 0.6 is 24.0 Å². The number of hydrogen-bond acceptors (Lipinski definition) is 6. The summed E-state index contributed by atoms with van der Waals surface area (Å²) in [5.74, 6) is 0.604. The maximum Gasteiger partial charge on any atom is 0.293 e. The number of nitrogens with one attached hydrogen (secondary N) is 3. The van der Waals surface area contributed by atoms with E-state index in [1.807, 2.05) is 30.3 Å². The number of nitrogens with zero attached hydrogens (tertiary/aromatic N) is 2. The topological polar surface area (TPSA) is 126 Å². The van der Waals surface area contributed by atoms with Gasteiger partial charge in [0, 0.05) is 39.0 Å². The summed E-state index contributed by atoms with van der Waals surface area (Å²) in [6.45, 7) is 1.46. The van der Waals surface area contributed by atoms with Crippen molar-refractivity contribution in [1.82, 2.24) is 10.6 Å². The molecule has 2 aromatic carbocycles. The molecule has 11 heteroatoms. The Balaban J connectivity index is 0.00000420. The second-order valence-electron chi connectivity index (χ2n) is 5.97. The van der Waals surface area contributed by atoms with E-state index >= 15 is 0 Å². The van der Waals surface area contributed by atoms with E-state index in [9.17, 15) is 18.5 Å². The van der Waals surface area contributed by atoms with Gasteiger partial charge in [-0.25, -0.2) is 8.42 Å². The van der Waals surface area contributed by atoms with Crippen LogP contribution in [0.15, 0.2) is 58.4 Å². The summed E-state index contributed by atoms with van der Waals surface area (Å²) in [5.41, 5.74) is 1.09. The molecule has 0 atom stereocenters. The fourth-order valence-electron chi connectivity index (χ4n) is 2.42. The number of aliphatic imine (C=N–C) groups is 1. The second kappa shape index (κ2) is 11.6. The Kier molecular flexibility index (Phi) is 9.81. The van der Waals surface area contributed by atoms with Crippen LogP contribution in [0.25, 0.3) is 0 Å². The van der Waals surface area contributed by atoms with E-state index in [2.05, 4.69) is 20.9 Å². The third kappa shape index (κ3) is 7.85. The highest BCUT2D eigenvalue weighted by molar-refractivity contribution is 14.0. The van der Waals surface area contributed by atoms with E-state index in [1.54, 1.807) is 7.05 Å². The van der Waals surface area contributed by atoms with Crippen LogP contribution in [0.5, 0.6) is 0 Å². The lowest BCUT2D eigenvalue weighted by atomic mass is 10.2. The van der Waals surface area contributed by atoms with E-state index in [0.29, 0.717) is 25.6 Å². The van der Waals surface area contributed by atoms with Crippen molar-refractivity contribution in [1.29, 1.82) is 0 Å². The van der Waals surface area contributed by atoms with Gasteiger partial charge in [-0.2, -0.15) is 0 Å². The van der Waals surface area contributed by atoms with Crippen molar-refractivity contribution in [3.8, 4) is 0 Å². The first-order valence-electron chi connectivity index (χ1n) is 8.52. The van der Waals surface area contributed by atoms with Gasteiger partial charge in [-0.3, -0.25) is 15.1 Å². The number of rotatable bonds is 8. The van der Waals surface area contributed by atoms with Crippen LogP contribution in [-0.2, 0) is 16.4 Å². The highest BCUT2D eigenvalue weighted by Crippen LogP contribution is 2.27. The number of sulfone groups is 1. The van der Waals surface area contributed by atoms with Crippen LogP contribution in [0, 0.1) is 10.1 Å². The monoisotopic (exact) mass is 533 g/mol. The Morgan fingerprint density at radius 3 is 2.38 bits per heavy atom. The number of guanidine groups is 1. The predicted octanol–water partition coefficient (Wildman–Crippen LogP) is 2.39. The van der Waals surface area contributed by atoms with Gasteiger partial charge in [0.1, 0.15) is 5.69 Å². The molecule has 0 fully saturated rings. The Morgan fingerprint density at radius 1 is 1.10 bits per heavy atom. The highest BCUT2D eigenvalue weighted by atomic mass is 127. The molecule has 0 aliphatic rings. The second-order valence-corrected chi connectivity index (χ2v) is 7.99. The molecule has 0 heterocycles. The van der Waals surface area contributed by atoms with Gasteiger partial charge < -0.3 is 16.0 Å². The maximum absolute atomic E-state index is 11.6. The largest absolute Gasteiger partial charge is 0.378 e. The lowest BCUT2D eigenvalue weighted by molar-refractivity contribution is -0.384. The van der Waals surface area contributed by atoms with Gasteiger partial charge in [-0.1, -0.05) is 30.3 Å². The molecule has 0 aromatic heterocycles. The molecule has 0 radical (unpaired) electrons. The van der Waals surface area contributed by atoms with Gasteiger partial charge in [-0.15, -0.1) is 24.0 Å². The van der Waals surface area contributed by atoms with Crippen LogP contribution in [-0.4, -0.2) is 45.7 Å². The normalized spacial score (nSPS) is 11.3. The van der Waals surface area contributed by atoms with Crippen LogP contribution in [0.2, 0.25) is 0 Å². The molecule has 0 saturated carbocycles. The van der Waals surface area contributed by atoms with Gasteiger partial charge in [0.2, 0.25) is 0 Å². The molecular weight excluding hydrogens is 509 g/mol. The third-order valence-corrected chi connectivity index (χ3v) is 4.96. The Labute approximate surface area is 187 Å². The zero-order chi connectivity index (χ0) is 20.6. The first kappa shape index (κ1) is 24.6.